The first-order valence-electron chi connectivity index (χ1n) is 13.9. The summed E-state index contributed by atoms with van der Waals surface area (Å²) in [5, 5.41) is 12.3. The van der Waals surface area contributed by atoms with Crippen LogP contribution in [0.5, 0.6) is 0 Å². The number of amides is 1. The van der Waals surface area contributed by atoms with Gasteiger partial charge in [-0.25, -0.2) is 19.4 Å². The summed E-state index contributed by atoms with van der Waals surface area (Å²) in [5.41, 5.74) is 2.76. The Labute approximate surface area is 266 Å². The van der Waals surface area contributed by atoms with Gasteiger partial charge in [-0.1, -0.05) is 35.5 Å². The van der Waals surface area contributed by atoms with Gasteiger partial charge in [0.2, 0.25) is 0 Å². The topological polar surface area (TPSA) is 136 Å². The number of carbonyl (C=O) groups is 1. The predicted octanol–water partition coefficient (Wildman–Crippen LogP) is 6.09. The van der Waals surface area contributed by atoms with E-state index in [1.165, 1.54) is 6.33 Å². The van der Waals surface area contributed by atoms with Crippen LogP contribution in [0.2, 0.25) is 0 Å². The molecule has 228 valence electrons. The normalized spacial score (nSPS) is 23.0. The summed E-state index contributed by atoms with van der Waals surface area (Å²) in [6.45, 7) is 11.1. The van der Waals surface area contributed by atoms with Gasteiger partial charge in [0.15, 0.2) is 29.2 Å². The molecular formula is C29H33IN6O6S. The van der Waals surface area contributed by atoms with E-state index in [0.29, 0.717) is 32.1 Å². The van der Waals surface area contributed by atoms with Crippen molar-refractivity contribution in [2.24, 2.45) is 0 Å². The lowest BCUT2D eigenvalue weighted by Gasteiger charge is -2.24. The number of benzene rings is 1. The Morgan fingerprint density at radius 2 is 1.91 bits per heavy atom. The van der Waals surface area contributed by atoms with E-state index >= 15 is 0 Å². The fourth-order valence-electron chi connectivity index (χ4n) is 5.25. The number of ether oxygens (including phenoxy) is 4. The third-order valence-electron chi connectivity index (χ3n) is 6.98. The Kier molecular flexibility index (Phi) is 8.17. The van der Waals surface area contributed by atoms with Crippen molar-refractivity contribution >= 4 is 57.3 Å². The number of nitrogens with zero attached hydrogens (tertiary/aromatic N) is 5. The maximum absolute atomic E-state index is 12.5. The van der Waals surface area contributed by atoms with Gasteiger partial charge in [0.1, 0.15) is 27.8 Å². The summed E-state index contributed by atoms with van der Waals surface area (Å²) in [6.07, 6.45) is -0.857. The van der Waals surface area contributed by atoms with E-state index in [1.54, 1.807) is 37.2 Å². The summed E-state index contributed by atoms with van der Waals surface area (Å²) in [4.78, 5) is 21.3. The summed E-state index contributed by atoms with van der Waals surface area (Å²) in [7, 11) is 0. The van der Waals surface area contributed by atoms with Gasteiger partial charge in [-0.15, -0.1) is 0 Å². The first-order chi connectivity index (χ1) is 20.4. The Morgan fingerprint density at radius 1 is 1.16 bits per heavy atom. The number of rotatable bonds is 7. The zero-order valence-electron chi connectivity index (χ0n) is 24.7. The number of thioether (sulfide) groups is 1. The molecule has 14 heteroatoms. The van der Waals surface area contributed by atoms with Gasteiger partial charge in [-0.2, -0.15) is 16.9 Å². The van der Waals surface area contributed by atoms with Crippen LogP contribution < -0.4 is 5.32 Å². The number of hydrogen-bond acceptors (Lipinski definition) is 11. The SMILES string of the molecule is Cc1noc(-c2ccccc2)c1CSC[C@H]1O[C@@H](n2nc(I)c3c(NC(=O)OC(C)(C)C)ncnc32)[C@@H]2OC(C)(C)O[C@@H]21. The van der Waals surface area contributed by atoms with Gasteiger partial charge in [0.25, 0.3) is 0 Å². The highest BCUT2D eigenvalue weighted by atomic mass is 127. The number of fused-ring (bicyclic) bond motifs is 2. The maximum atomic E-state index is 12.5. The molecule has 0 saturated carbocycles. The number of halogens is 1. The molecule has 5 heterocycles. The average Bonchev–Trinajstić information content (AvgIpc) is 3.65. The lowest BCUT2D eigenvalue weighted by molar-refractivity contribution is -0.195. The fourth-order valence-corrected chi connectivity index (χ4v) is 7.14. The highest BCUT2D eigenvalue weighted by Gasteiger charge is 2.56. The largest absolute Gasteiger partial charge is 0.444 e. The number of hydrogen-bond donors (Lipinski definition) is 1. The van der Waals surface area contributed by atoms with Crippen LogP contribution in [-0.2, 0) is 24.7 Å². The molecular weight excluding hydrogens is 687 g/mol. The molecule has 4 atom stereocenters. The molecule has 4 aromatic rings. The molecule has 1 N–H and O–H groups in total. The standard InChI is InChI=1S/C29H33IN6O6S/c1-15-17(20(42-35-15)16-10-8-7-9-11-16)12-43-13-18-21-22(40-29(5,6)39-21)26(38-18)36-25-19(23(30)34-36)24(31-14-32-25)33-27(37)41-28(2,3)4/h7-11,14,18,21-22,26H,12-13H2,1-6H3,(H,31,32,33,37)/t18-,21-,22-,26-/m1/s1. The molecule has 1 amide bonds. The van der Waals surface area contributed by atoms with Crippen molar-refractivity contribution in [1.29, 1.82) is 0 Å². The first kappa shape index (κ1) is 30.2. The third-order valence-corrected chi connectivity index (χ3v) is 8.79. The van der Waals surface area contributed by atoms with Crippen LogP contribution in [0.4, 0.5) is 10.6 Å². The van der Waals surface area contributed by atoms with Crippen LogP contribution in [-0.4, -0.2) is 66.5 Å². The van der Waals surface area contributed by atoms with Crippen molar-refractivity contribution in [3.05, 3.63) is 51.6 Å². The van der Waals surface area contributed by atoms with E-state index in [2.05, 4.69) is 43.0 Å². The summed E-state index contributed by atoms with van der Waals surface area (Å²) in [5.74, 6) is 1.64. The fraction of sp³-hybridized carbons (Fsp3) is 0.483. The van der Waals surface area contributed by atoms with Crippen molar-refractivity contribution in [1.82, 2.24) is 24.9 Å². The Hall–Kier alpha value is -2.79. The van der Waals surface area contributed by atoms with E-state index < -0.39 is 29.8 Å². The molecule has 6 rings (SSSR count). The molecule has 0 bridgehead atoms. The molecule has 2 aliphatic heterocycles. The summed E-state index contributed by atoms with van der Waals surface area (Å²) < 4.78 is 32.7. The van der Waals surface area contributed by atoms with Crippen LogP contribution in [0, 0.1) is 10.6 Å². The first-order valence-corrected chi connectivity index (χ1v) is 16.1. The minimum Gasteiger partial charge on any atom is -0.444 e. The Bertz CT molecular complexity index is 1640. The van der Waals surface area contributed by atoms with E-state index in [1.807, 2.05) is 51.1 Å². The van der Waals surface area contributed by atoms with Crippen molar-refractivity contribution in [3.8, 4) is 11.3 Å². The number of carbonyl (C=O) groups excluding carboxylic acids is 1. The van der Waals surface area contributed by atoms with Gasteiger partial charge in [0, 0.05) is 22.6 Å². The molecule has 12 nitrogen and oxygen atoms in total. The molecule has 43 heavy (non-hydrogen) atoms. The van der Waals surface area contributed by atoms with Crippen LogP contribution in [0.15, 0.2) is 41.2 Å². The Balaban J connectivity index is 1.23. The second kappa shape index (κ2) is 11.6. The lowest BCUT2D eigenvalue weighted by atomic mass is 10.1. The van der Waals surface area contributed by atoms with Gasteiger partial charge >= 0.3 is 6.09 Å². The van der Waals surface area contributed by atoms with Gasteiger partial charge in [-0.3, -0.25) is 5.32 Å². The van der Waals surface area contributed by atoms with Crippen LogP contribution in [0.3, 0.4) is 0 Å². The molecule has 2 aliphatic rings. The monoisotopic (exact) mass is 720 g/mol. The molecule has 2 fully saturated rings. The lowest BCUT2D eigenvalue weighted by Crippen LogP contribution is -2.31. The predicted molar refractivity (Wildman–Crippen MR) is 168 cm³/mol. The number of nitrogens with one attached hydrogen (secondary N) is 1. The second-order valence-corrected chi connectivity index (χ2v) is 13.9. The molecule has 3 aromatic heterocycles. The van der Waals surface area contributed by atoms with E-state index in [9.17, 15) is 4.79 Å². The smallest absolute Gasteiger partial charge is 0.413 e. The zero-order valence-corrected chi connectivity index (χ0v) is 27.6. The molecule has 0 unspecified atom stereocenters. The number of aryl methyl sites for hydroxylation is 1. The molecule has 0 spiro atoms. The molecule has 1 aromatic carbocycles. The number of anilines is 1. The van der Waals surface area contributed by atoms with Gasteiger partial charge < -0.3 is 23.5 Å². The van der Waals surface area contributed by atoms with Crippen LogP contribution in [0.1, 0.15) is 52.1 Å². The van der Waals surface area contributed by atoms with Crippen molar-refractivity contribution in [2.75, 3.05) is 11.1 Å². The molecule has 0 aliphatic carbocycles. The van der Waals surface area contributed by atoms with Gasteiger partial charge in [0.05, 0.1) is 17.2 Å². The molecule has 2 saturated heterocycles. The van der Waals surface area contributed by atoms with E-state index in [0.717, 1.165) is 22.6 Å². The highest BCUT2D eigenvalue weighted by molar-refractivity contribution is 14.1. The van der Waals surface area contributed by atoms with Gasteiger partial charge in [-0.05, 0) is 64.1 Å². The Morgan fingerprint density at radius 3 is 2.65 bits per heavy atom. The summed E-state index contributed by atoms with van der Waals surface area (Å²) in [6, 6.07) is 9.98. The second-order valence-electron chi connectivity index (χ2n) is 11.9. The van der Waals surface area contributed by atoms with Crippen molar-refractivity contribution in [3.63, 3.8) is 0 Å². The number of aromatic nitrogens is 5. The average molecular weight is 721 g/mol. The van der Waals surface area contributed by atoms with Crippen LogP contribution in [0.25, 0.3) is 22.4 Å². The van der Waals surface area contributed by atoms with E-state index in [-0.39, 0.29) is 12.2 Å². The highest BCUT2D eigenvalue weighted by Crippen LogP contribution is 2.45. The minimum atomic E-state index is -0.791. The quantitative estimate of drug-likeness (QED) is 0.222. The minimum absolute atomic E-state index is 0.278. The van der Waals surface area contributed by atoms with Crippen molar-refractivity contribution in [2.45, 2.75) is 83.2 Å². The zero-order chi connectivity index (χ0) is 30.5. The maximum Gasteiger partial charge on any atom is 0.413 e. The third kappa shape index (κ3) is 6.25. The van der Waals surface area contributed by atoms with Crippen molar-refractivity contribution < 1.29 is 28.3 Å². The molecule has 0 radical (unpaired) electrons. The van der Waals surface area contributed by atoms with Crippen LogP contribution >= 0.6 is 34.4 Å². The summed E-state index contributed by atoms with van der Waals surface area (Å²) >= 11 is 3.83. The van der Waals surface area contributed by atoms with E-state index in [4.69, 9.17) is 28.6 Å².